The summed E-state index contributed by atoms with van der Waals surface area (Å²) in [5.41, 5.74) is 1.49. The van der Waals surface area contributed by atoms with Gasteiger partial charge in [-0.05, 0) is 36.8 Å². The van der Waals surface area contributed by atoms with E-state index in [1.165, 1.54) is 0 Å². The summed E-state index contributed by atoms with van der Waals surface area (Å²) >= 11 is 0. The van der Waals surface area contributed by atoms with Crippen LogP contribution in [0.2, 0.25) is 0 Å². The van der Waals surface area contributed by atoms with Crippen LogP contribution in [0.15, 0.2) is 42.5 Å². The number of ether oxygens (including phenoxy) is 3. The normalized spacial score (nSPS) is 17.9. The third-order valence-electron chi connectivity index (χ3n) is 5.91. The van der Waals surface area contributed by atoms with Gasteiger partial charge in [0.15, 0.2) is 11.5 Å². The van der Waals surface area contributed by atoms with Gasteiger partial charge in [0.25, 0.3) is 5.91 Å². The van der Waals surface area contributed by atoms with Crippen LogP contribution in [0.5, 0.6) is 17.2 Å². The Morgan fingerprint density at radius 2 is 1.61 bits per heavy atom. The van der Waals surface area contributed by atoms with Crippen LogP contribution in [-0.4, -0.2) is 69.6 Å². The minimum Gasteiger partial charge on any atom is -0.493 e. The predicted molar refractivity (Wildman–Crippen MR) is 118 cm³/mol. The van der Waals surface area contributed by atoms with Gasteiger partial charge in [-0.15, -0.1) is 0 Å². The molecule has 2 amide bonds. The Morgan fingerprint density at radius 1 is 1.00 bits per heavy atom. The molecule has 0 saturated carbocycles. The molecule has 2 atom stereocenters. The minimum atomic E-state index is -0.361. The number of hydrogen-bond donors (Lipinski definition) is 0. The quantitative estimate of drug-likeness (QED) is 0.681. The molecule has 0 unspecified atom stereocenters. The van der Waals surface area contributed by atoms with E-state index in [0.717, 1.165) is 5.56 Å². The van der Waals surface area contributed by atoms with Crippen molar-refractivity contribution in [3.8, 4) is 17.2 Å². The molecule has 0 N–H and O–H groups in total. The average Bonchev–Trinajstić information content (AvgIpc) is 3.27. The molecule has 0 aliphatic carbocycles. The van der Waals surface area contributed by atoms with Crippen molar-refractivity contribution in [1.82, 2.24) is 9.80 Å². The maximum atomic E-state index is 13.2. The highest BCUT2D eigenvalue weighted by atomic mass is 16.5. The van der Waals surface area contributed by atoms with Crippen molar-refractivity contribution >= 4 is 11.8 Å². The zero-order valence-corrected chi connectivity index (χ0v) is 18.8. The summed E-state index contributed by atoms with van der Waals surface area (Å²) in [6, 6.07) is 12.9. The lowest BCUT2D eigenvalue weighted by molar-refractivity contribution is -0.133. The van der Waals surface area contributed by atoms with Crippen LogP contribution >= 0.6 is 0 Å². The zero-order valence-electron chi connectivity index (χ0n) is 18.8. The van der Waals surface area contributed by atoms with E-state index in [-0.39, 0.29) is 23.7 Å². The average molecular weight is 427 g/mol. The molecule has 1 fully saturated rings. The first-order valence-electron chi connectivity index (χ1n) is 10.3. The number of benzene rings is 2. The standard InChI is InChI=1S/C24H30N2O5/c1-6-25(2)24(28)19-15-26(23(27)16-10-8-7-9-11-16)14-18(19)17-12-20(29-3)22(31-5)21(13-17)30-4/h7-13,18-19H,6,14-15H2,1-5H3/t18-,19-/m0/s1. The van der Waals surface area contributed by atoms with Crippen molar-refractivity contribution in [1.29, 1.82) is 0 Å². The van der Waals surface area contributed by atoms with Gasteiger partial charge < -0.3 is 24.0 Å². The van der Waals surface area contributed by atoms with Crippen LogP contribution in [-0.2, 0) is 4.79 Å². The van der Waals surface area contributed by atoms with E-state index in [9.17, 15) is 9.59 Å². The number of amides is 2. The Bertz CT molecular complexity index is 906. The van der Waals surface area contributed by atoms with Crippen LogP contribution < -0.4 is 14.2 Å². The van der Waals surface area contributed by atoms with Crippen LogP contribution in [0.25, 0.3) is 0 Å². The minimum absolute atomic E-state index is 0.0182. The summed E-state index contributed by atoms with van der Waals surface area (Å²) in [5, 5.41) is 0. The lowest BCUT2D eigenvalue weighted by Gasteiger charge is -2.24. The molecule has 0 spiro atoms. The molecule has 1 heterocycles. The molecule has 1 aliphatic rings. The summed E-state index contributed by atoms with van der Waals surface area (Å²) < 4.78 is 16.4. The monoisotopic (exact) mass is 426 g/mol. The Labute approximate surface area is 183 Å². The molecule has 3 rings (SSSR count). The van der Waals surface area contributed by atoms with Gasteiger partial charge in [-0.2, -0.15) is 0 Å². The molecule has 0 aromatic heterocycles. The van der Waals surface area contributed by atoms with E-state index in [0.29, 0.717) is 42.4 Å². The van der Waals surface area contributed by atoms with E-state index in [4.69, 9.17) is 14.2 Å². The molecule has 2 aromatic rings. The highest BCUT2D eigenvalue weighted by Crippen LogP contribution is 2.43. The maximum absolute atomic E-state index is 13.2. The Kier molecular flexibility index (Phi) is 7.05. The molecule has 166 valence electrons. The van der Waals surface area contributed by atoms with Crippen LogP contribution in [0.3, 0.4) is 0 Å². The third-order valence-corrected chi connectivity index (χ3v) is 5.91. The van der Waals surface area contributed by atoms with Gasteiger partial charge in [-0.3, -0.25) is 9.59 Å². The maximum Gasteiger partial charge on any atom is 0.253 e. The van der Waals surface area contributed by atoms with Gasteiger partial charge in [-0.25, -0.2) is 0 Å². The smallest absolute Gasteiger partial charge is 0.253 e. The van der Waals surface area contributed by atoms with Gasteiger partial charge >= 0.3 is 0 Å². The number of nitrogens with zero attached hydrogens (tertiary/aromatic N) is 2. The predicted octanol–water partition coefficient (Wildman–Crippen LogP) is 3.05. The van der Waals surface area contributed by atoms with Crippen molar-refractivity contribution in [3.05, 3.63) is 53.6 Å². The van der Waals surface area contributed by atoms with Crippen molar-refractivity contribution in [2.75, 3.05) is 48.0 Å². The highest BCUT2D eigenvalue weighted by Gasteiger charge is 2.42. The van der Waals surface area contributed by atoms with Gasteiger partial charge in [0.1, 0.15) is 0 Å². The van der Waals surface area contributed by atoms with Crippen molar-refractivity contribution in [3.63, 3.8) is 0 Å². The number of carbonyl (C=O) groups excluding carboxylic acids is 2. The molecule has 2 aromatic carbocycles. The zero-order chi connectivity index (χ0) is 22.5. The second-order valence-corrected chi connectivity index (χ2v) is 7.60. The SMILES string of the molecule is CCN(C)C(=O)[C@H]1CN(C(=O)c2ccccc2)C[C@H]1c1cc(OC)c(OC)c(OC)c1. The molecule has 1 saturated heterocycles. The second kappa shape index (κ2) is 9.73. The summed E-state index contributed by atoms with van der Waals surface area (Å²) in [6.45, 7) is 3.33. The van der Waals surface area contributed by atoms with Crippen LogP contribution in [0, 0.1) is 5.92 Å². The molecule has 0 bridgehead atoms. The number of hydrogen-bond acceptors (Lipinski definition) is 5. The first kappa shape index (κ1) is 22.5. The lowest BCUT2D eigenvalue weighted by atomic mass is 9.87. The van der Waals surface area contributed by atoms with Gasteiger partial charge in [0.05, 0.1) is 27.2 Å². The molecule has 31 heavy (non-hydrogen) atoms. The molecular weight excluding hydrogens is 396 g/mol. The molecule has 1 aliphatic heterocycles. The molecule has 7 nitrogen and oxygen atoms in total. The number of likely N-dealkylation sites (tertiary alicyclic amines) is 1. The Hall–Kier alpha value is -3.22. The lowest BCUT2D eigenvalue weighted by Crippen LogP contribution is -2.36. The Balaban J connectivity index is 2.01. The largest absolute Gasteiger partial charge is 0.493 e. The van der Waals surface area contributed by atoms with E-state index in [2.05, 4.69) is 0 Å². The van der Waals surface area contributed by atoms with E-state index >= 15 is 0 Å². The molecule has 7 heteroatoms. The molecular formula is C24H30N2O5. The first-order valence-corrected chi connectivity index (χ1v) is 10.3. The topological polar surface area (TPSA) is 68.3 Å². The fraction of sp³-hybridized carbons (Fsp3) is 0.417. The van der Waals surface area contributed by atoms with Crippen LogP contribution in [0.1, 0.15) is 28.8 Å². The van der Waals surface area contributed by atoms with Gasteiger partial charge in [0.2, 0.25) is 11.7 Å². The second-order valence-electron chi connectivity index (χ2n) is 7.60. The summed E-state index contributed by atoms with van der Waals surface area (Å²) in [7, 11) is 6.47. The van der Waals surface area contributed by atoms with E-state index in [1.54, 1.807) is 50.3 Å². The van der Waals surface area contributed by atoms with E-state index in [1.807, 2.05) is 37.3 Å². The third kappa shape index (κ3) is 4.45. The van der Waals surface area contributed by atoms with Gasteiger partial charge in [-0.1, -0.05) is 18.2 Å². The van der Waals surface area contributed by atoms with Crippen molar-refractivity contribution in [2.24, 2.45) is 5.92 Å². The summed E-state index contributed by atoms with van der Waals surface area (Å²) in [5.74, 6) is 0.942. The van der Waals surface area contributed by atoms with Crippen molar-refractivity contribution < 1.29 is 23.8 Å². The summed E-state index contributed by atoms with van der Waals surface area (Å²) in [6.07, 6.45) is 0. The number of carbonyl (C=O) groups is 2. The summed E-state index contributed by atoms with van der Waals surface area (Å²) in [4.78, 5) is 29.8. The first-order chi connectivity index (χ1) is 14.9. The van der Waals surface area contributed by atoms with Crippen LogP contribution in [0.4, 0.5) is 0 Å². The number of methoxy groups -OCH3 is 3. The highest BCUT2D eigenvalue weighted by molar-refractivity contribution is 5.95. The fourth-order valence-electron chi connectivity index (χ4n) is 4.08. The van der Waals surface area contributed by atoms with E-state index < -0.39 is 0 Å². The Morgan fingerprint density at radius 3 is 2.13 bits per heavy atom. The number of rotatable bonds is 7. The van der Waals surface area contributed by atoms with Crippen molar-refractivity contribution in [2.45, 2.75) is 12.8 Å². The fourth-order valence-corrected chi connectivity index (χ4v) is 4.08. The van der Waals surface area contributed by atoms with Gasteiger partial charge in [0, 0.05) is 38.2 Å². The molecule has 0 radical (unpaired) electrons.